The normalized spacial score (nSPS) is 12.4. The fourth-order valence-electron chi connectivity index (χ4n) is 1.92. The van der Waals surface area contributed by atoms with Gasteiger partial charge in [0.15, 0.2) is 0 Å². The van der Waals surface area contributed by atoms with Crippen LogP contribution in [0, 0.1) is 16.3 Å². The minimum Gasteiger partial charge on any atom is -0.388 e. The van der Waals surface area contributed by atoms with Gasteiger partial charge in [0.25, 0.3) is 0 Å². The molecule has 0 saturated carbocycles. The predicted molar refractivity (Wildman–Crippen MR) is 79.0 cm³/mol. The zero-order valence-corrected chi connectivity index (χ0v) is 12.2. The van der Waals surface area contributed by atoms with Crippen molar-refractivity contribution >= 4 is 22.6 Å². The Bertz CT molecular complexity index is 537. The van der Waals surface area contributed by atoms with Gasteiger partial charge in [-0.15, -0.1) is 0 Å². The van der Waals surface area contributed by atoms with Crippen LogP contribution in [0.5, 0.6) is 0 Å². The van der Waals surface area contributed by atoms with E-state index in [0.717, 1.165) is 14.7 Å². The molecule has 0 bridgehead atoms. The highest BCUT2D eigenvalue weighted by Crippen LogP contribution is 2.22. The molecule has 1 N–H and O–H groups in total. The Morgan fingerprint density at radius 2 is 1.83 bits per heavy atom. The molecule has 1 nitrogen and oxygen atoms in total. The molecule has 18 heavy (non-hydrogen) atoms. The van der Waals surface area contributed by atoms with E-state index in [0.29, 0.717) is 12.0 Å². The SMILES string of the molecule is Cc1ccc(F)cc1C(O)Cc1ccc(I)cc1. The zero-order chi connectivity index (χ0) is 13.1. The van der Waals surface area contributed by atoms with Crippen molar-refractivity contribution in [2.24, 2.45) is 0 Å². The Hall–Kier alpha value is -0.940. The lowest BCUT2D eigenvalue weighted by molar-refractivity contribution is 0.177. The van der Waals surface area contributed by atoms with Crippen LogP contribution in [0.3, 0.4) is 0 Å². The van der Waals surface area contributed by atoms with E-state index in [1.165, 1.54) is 12.1 Å². The second kappa shape index (κ2) is 5.80. The Labute approximate surface area is 120 Å². The molecule has 94 valence electrons. The Morgan fingerprint density at radius 1 is 1.17 bits per heavy atom. The third-order valence-corrected chi connectivity index (χ3v) is 3.66. The van der Waals surface area contributed by atoms with E-state index in [1.54, 1.807) is 6.07 Å². The van der Waals surface area contributed by atoms with E-state index >= 15 is 0 Å². The molecular weight excluding hydrogens is 342 g/mol. The second-order valence-corrected chi connectivity index (χ2v) is 5.59. The molecule has 1 atom stereocenters. The summed E-state index contributed by atoms with van der Waals surface area (Å²) in [6, 6.07) is 12.5. The lowest BCUT2D eigenvalue weighted by Gasteiger charge is -2.14. The molecule has 0 aliphatic heterocycles. The van der Waals surface area contributed by atoms with Crippen molar-refractivity contribution < 1.29 is 9.50 Å². The first-order valence-electron chi connectivity index (χ1n) is 5.75. The standard InChI is InChI=1S/C15H14FIO/c1-10-2-5-12(16)9-14(10)15(18)8-11-3-6-13(17)7-4-11/h2-7,9,15,18H,8H2,1H3. The number of hydrogen-bond acceptors (Lipinski definition) is 1. The molecule has 0 heterocycles. The summed E-state index contributed by atoms with van der Waals surface area (Å²) in [7, 11) is 0. The summed E-state index contributed by atoms with van der Waals surface area (Å²) in [6.07, 6.45) is -0.165. The van der Waals surface area contributed by atoms with Crippen molar-refractivity contribution in [3.8, 4) is 0 Å². The first kappa shape index (κ1) is 13.5. The van der Waals surface area contributed by atoms with Gasteiger partial charge in [0.2, 0.25) is 0 Å². The van der Waals surface area contributed by atoms with E-state index in [2.05, 4.69) is 22.6 Å². The molecule has 3 heteroatoms. The van der Waals surface area contributed by atoms with Crippen LogP contribution in [0.4, 0.5) is 4.39 Å². The topological polar surface area (TPSA) is 20.2 Å². The van der Waals surface area contributed by atoms with Crippen LogP contribution >= 0.6 is 22.6 Å². The van der Waals surface area contributed by atoms with E-state index in [9.17, 15) is 9.50 Å². The third-order valence-electron chi connectivity index (χ3n) is 2.94. The van der Waals surface area contributed by atoms with Gasteiger partial charge in [0, 0.05) is 9.99 Å². The predicted octanol–water partition coefficient (Wildman–Crippen LogP) is 4.01. The van der Waals surface area contributed by atoms with Crippen molar-refractivity contribution in [2.75, 3.05) is 0 Å². The van der Waals surface area contributed by atoms with Gasteiger partial charge >= 0.3 is 0 Å². The first-order valence-corrected chi connectivity index (χ1v) is 6.82. The highest BCUT2D eigenvalue weighted by atomic mass is 127. The largest absolute Gasteiger partial charge is 0.388 e. The Balaban J connectivity index is 2.18. The van der Waals surface area contributed by atoms with Crippen LogP contribution in [0.1, 0.15) is 22.8 Å². The minimum atomic E-state index is -0.666. The maximum Gasteiger partial charge on any atom is 0.123 e. The van der Waals surface area contributed by atoms with E-state index in [1.807, 2.05) is 31.2 Å². The van der Waals surface area contributed by atoms with E-state index in [-0.39, 0.29) is 5.82 Å². The summed E-state index contributed by atoms with van der Waals surface area (Å²) in [5, 5.41) is 10.2. The summed E-state index contributed by atoms with van der Waals surface area (Å²) in [4.78, 5) is 0. The maximum atomic E-state index is 13.2. The van der Waals surface area contributed by atoms with Crippen molar-refractivity contribution in [3.05, 3.63) is 68.5 Å². The number of rotatable bonds is 3. The molecule has 0 fully saturated rings. The molecule has 0 radical (unpaired) electrons. The van der Waals surface area contributed by atoms with Crippen LogP contribution in [-0.2, 0) is 6.42 Å². The number of halogens is 2. The van der Waals surface area contributed by atoms with Crippen molar-refractivity contribution in [1.29, 1.82) is 0 Å². The van der Waals surface area contributed by atoms with Crippen molar-refractivity contribution in [1.82, 2.24) is 0 Å². The average molecular weight is 356 g/mol. The highest BCUT2D eigenvalue weighted by Gasteiger charge is 2.12. The molecule has 1 unspecified atom stereocenters. The van der Waals surface area contributed by atoms with Gasteiger partial charge in [-0.2, -0.15) is 0 Å². The first-order chi connectivity index (χ1) is 8.56. The van der Waals surface area contributed by atoms with Gasteiger partial charge in [0.1, 0.15) is 5.82 Å². The highest BCUT2D eigenvalue weighted by molar-refractivity contribution is 14.1. The van der Waals surface area contributed by atoms with Gasteiger partial charge in [-0.05, 0) is 70.5 Å². The van der Waals surface area contributed by atoms with Gasteiger partial charge in [-0.1, -0.05) is 18.2 Å². The van der Waals surface area contributed by atoms with Crippen LogP contribution in [0.2, 0.25) is 0 Å². The summed E-state index contributed by atoms with van der Waals surface area (Å²) >= 11 is 2.24. The van der Waals surface area contributed by atoms with Gasteiger partial charge < -0.3 is 5.11 Å². The number of aliphatic hydroxyl groups excluding tert-OH is 1. The van der Waals surface area contributed by atoms with Crippen LogP contribution in [0.15, 0.2) is 42.5 Å². The molecule has 0 aromatic heterocycles. The molecular formula is C15H14FIO. The van der Waals surface area contributed by atoms with Crippen LogP contribution < -0.4 is 0 Å². The van der Waals surface area contributed by atoms with Crippen LogP contribution in [-0.4, -0.2) is 5.11 Å². The Morgan fingerprint density at radius 3 is 2.50 bits per heavy atom. The fourth-order valence-corrected chi connectivity index (χ4v) is 2.28. The minimum absolute atomic E-state index is 0.308. The van der Waals surface area contributed by atoms with Gasteiger partial charge in [0.05, 0.1) is 6.10 Å². The lowest BCUT2D eigenvalue weighted by atomic mass is 9.98. The summed E-state index contributed by atoms with van der Waals surface area (Å²) in [6.45, 7) is 1.88. The molecule has 0 amide bonds. The smallest absolute Gasteiger partial charge is 0.123 e. The molecule has 0 spiro atoms. The number of aliphatic hydroxyl groups is 1. The fraction of sp³-hybridized carbons (Fsp3) is 0.200. The summed E-state index contributed by atoms with van der Waals surface area (Å²) in [5.41, 5.74) is 2.62. The monoisotopic (exact) mass is 356 g/mol. The molecule has 2 aromatic rings. The van der Waals surface area contributed by atoms with E-state index in [4.69, 9.17) is 0 Å². The molecule has 2 rings (SSSR count). The molecule has 0 aliphatic carbocycles. The van der Waals surface area contributed by atoms with Crippen molar-refractivity contribution in [3.63, 3.8) is 0 Å². The van der Waals surface area contributed by atoms with Crippen molar-refractivity contribution in [2.45, 2.75) is 19.4 Å². The quantitative estimate of drug-likeness (QED) is 0.824. The summed E-state index contributed by atoms with van der Waals surface area (Å²) in [5.74, 6) is -0.308. The molecule has 2 aromatic carbocycles. The number of aryl methyl sites for hydroxylation is 1. The maximum absolute atomic E-state index is 13.2. The van der Waals surface area contributed by atoms with E-state index < -0.39 is 6.10 Å². The lowest BCUT2D eigenvalue weighted by Crippen LogP contribution is -2.04. The van der Waals surface area contributed by atoms with Gasteiger partial charge in [-0.25, -0.2) is 4.39 Å². The Kier molecular flexibility index (Phi) is 4.35. The molecule has 0 aliphatic rings. The average Bonchev–Trinajstić information content (AvgIpc) is 2.35. The number of benzene rings is 2. The molecule has 0 saturated heterocycles. The second-order valence-electron chi connectivity index (χ2n) is 4.35. The summed E-state index contributed by atoms with van der Waals surface area (Å²) < 4.78 is 14.3. The van der Waals surface area contributed by atoms with Crippen LogP contribution in [0.25, 0.3) is 0 Å². The van der Waals surface area contributed by atoms with Gasteiger partial charge in [-0.3, -0.25) is 0 Å². The zero-order valence-electron chi connectivity index (χ0n) is 10.0. The third kappa shape index (κ3) is 3.29. The number of hydrogen-bond donors (Lipinski definition) is 1.